The van der Waals surface area contributed by atoms with Gasteiger partial charge in [0, 0.05) is 38.2 Å². The fourth-order valence-corrected chi connectivity index (χ4v) is 2.37. The maximum atomic E-state index is 10.7. The van der Waals surface area contributed by atoms with E-state index in [0.29, 0.717) is 6.42 Å². The van der Waals surface area contributed by atoms with Crippen molar-refractivity contribution in [1.29, 1.82) is 0 Å². The van der Waals surface area contributed by atoms with Gasteiger partial charge in [0.2, 0.25) is 5.91 Å². The average molecular weight is 236 g/mol. The van der Waals surface area contributed by atoms with Crippen LogP contribution in [0.15, 0.2) is 0 Å². The Morgan fingerprint density at radius 2 is 2.35 bits per heavy atom. The molecular formula is C12H20N4O. The molecule has 17 heavy (non-hydrogen) atoms. The Morgan fingerprint density at radius 1 is 1.53 bits per heavy atom. The third-order valence-corrected chi connectivity index (χ3v) is 3.23. The first-order chi connectivity index (χ1) is 8.18. The van der Waals surface area contributed by atoms with Crippen LogP contribution >= 0.6 is 0 Å². The lowest BCUT2D eigenvalue weighted by atomic mass is 10.1. The maximum absolute atomic E-state index is 10.7. The number of carbonyl (C=O) groups excluding carboxylic acids is 1. The van der Waals surface area contributed by atoms with Crippen molar-refractivity contribution in [2.24, 2.45) is 5.73 Å². The highest BCUT2D eigenvalue weighted by molar-refractivity contribution is 5.73. The summed E-state index contributed by atoms with van der Waals surface area (Å²) in [6.07, 6.45) is 3.38. The van der Waals surface area contributed by atoms with E-state index in [1.165, 1.54) is 11.4 Å². The lowest BCUT2D eigenvalue weighted by molar-refractivity contribution is -0.118. The molecule has 94 valence electrons. The molecule has 0 bridgehead atoms. The standard InChI is InChI=1S/C12H20N4O/c1-9-15-10-8-14-6-5-11(10)16(9)7-3-2-4-12(13)17/h14H,2-8H2,1H3,(H2,13,17). The number of aromatic nitrogens is 2. The van der Waals surface area contributed by atoms with Gasteiger partial charge in [-0.3, -0.25) is 4.79 Å². The summed E-state index contributed by atoms with van der Waals surface area (Å²) >= 11 is 0. The number of hydrogen-bond acceptors (Lipinski definition) is 3. The molecule has 5 heteroatoms. The Balaban J connectivity index is 1.96. The third-order valence-electron chi connectivity index (χ3n) is 3.23. The van der Waals surface area contributed by atoms with Gasteiger partial charge in [-0.2, -0.15) is 0 Å². The monoisotopic (exact) mass is 236 g/mol. The zero-order chi connectivity index (χ0) is 12.3. The summed E-state index contributed by atoms with van der Waals surface area (Å²) in [5, 5.41) is 3.33. The second-order valence-corrected chi connectivity index (χ2v) is 4.55. The second kappa shape index (κ2) is 5.31. The number of rotatable bonds is 5. The van der Waals surface area contributed by atoms with Crippen molar-refractivity contribution in [2.45, 2.75) is 45.7 Å². The molecule has 1 amide bonds. The number of aryl methyl sites for hydroxylation is 1. The number of imidazole rings is 1. The van der Waals surface area contributed by atoms with Gasteiger partial charge in [0.25, 0.3) is 0 Å². The number of primary amides is 1. The predicted molar refractivity (Wildman–Crippen MR) is 65.4 cm³/mol. The molecule has 0 aliphatic carbocycles. The van der Waals surface area contributed by atoms with E-state index in [1.54, 1.807) is 0 Å². The largest absolute Gasteiger partial charge is 0.370 e. The fraction of sp³-hybridized carbons (Fsp3) is 0.667. The number of amides is 1. The number of nitrogens with zero attached hydrogens (tertiary/aromatic N) is 2. The van der Waals surface area contributed by atoms with Crippen LogP contribution in [0.4, 0.5) is 0 Å². The minimum atomic E-state index is -0.210. The highest BCUT2D eigenvalue weighted by Crippen LogP contribution is 2.16. The maximum Gasteiger partial charge on any atom is 0.217 e. The van der Waals surface area contributed by atoms with E-state index in [9.17, 15) is 4.79 Å². The quantitative estimate of drug-likeness (QED) is 0.731. The van der Waals surface area contributed by atoms with Gasteiger partial charge in [-0.05, 0) is 19.8 Å². The van der Waals surface area contributed by atoms with Crippen LogP contribution in [0.5, 0.6) is 0 Å². The lowest BCUT2D eigenvalue weighted by Crippen LogP contribution is -2.25. The number of hydrogen-bond donors (Lipinski definition) is 2. The normalized spacial score (nSPS) is 14.6. The van der Waals surface area contributed by atoms with Crippen LogP contribution in [0.3, 0.4) is 0 Å². The molecular weight excluding hydrogens is 216 g/mol. The topological polar surface area (TPSA) is 72.9 Å². The van der Waals surface area contributed by atoms with E-state index in [2.05, 4.69) is 14.9 Å². The summed E-state index contributed by atoms with van der Waals surface area (Å²) in [5.74, 6) is 0.872. The first-order valence-electron chi connectivity index (χ1n) is 6.22. The highest BCUT2D eigenvalue weighted by atomic mass is 16.1. The van der Waals surface area contributed by atoms with Crippen LogP contribution in [0.2, 0.25) is 0 Å². The molecule has 0 saturated carbocycles. The summed E-state index contributed by atoms with van der Waals surface area (Å²) < 4.78 is 2.29. The number of nitrogens with one attached hydrogen (secondary N) is 1. The molecule has 0 radical (unpaired) electrons. The smallest absolute Gasteiger partial charge is 0.217 e. The van der Waals surface area contributed by atoms with Gasteiger partial charge in [-0.1, -0.05) is 0 Å². The Hall–Kier alpha value is -1.36. The van der Waals surface area contributed by atoms with Crippen LogP contribution in [-0.4, -0.2) is 22.0 Å². The van der Waals surface area contributed by atoms with E-state index in [1.807, 2.05) is 6.92 Å². The molecule has 1 aromatic heterocycles. The summed E-state index contributed by atoms with van der Waals surface area (Å²) in [6, 6.07) is 0. The molecule has 0 spiro atoms. The summed E-state index contributed by atoms with van der Waals surface area (Å²) in [5.41, 5.74) is 7.67. The Bertz CT molecular complexity index is 411. The molecule has 2 heterocycles. The SMILES string of the molecule is Cc1nc2c(n1CCCCC(N)=O)CCNC2. The molecule has 1 aliphatic heterocycles. The van der Waals surface area contributed by atoms with Crippen molar-refractivity contribution in [2.75, 3.05) is 6.54 Å². The molecule has 2 rings (SSSR count). The average Bonchev–Trinajstić information content (AvgIpc) is 2.60. The highest BCUT2D eigenvalue weighted by Gasteiger charge is 2.17. The van der Waals surface area contributed by atoms with Crippen molar-refractivity contribution >= 4 is 5.91 Å². The van der Waals surface area contributed by atoms with Gasteiger partial charge in [-0.15, -0.1) is 0 Å². The first-order valence-corrected chi connectivity index (χ1v) is 6.22. The van der Waals surface area contributed by atoms with Crippen LogP contribution in [0.25, 0.3) is 0 Å². The molecule has 0 saturated heterocycles. The van der Waals surface area contributed by atoms with Crippen molar-refractivity contribution in [3.63, 3.8) is 0 Å². The molecule has 0 fully saturated rings. The number of fused-ring (bicyclic) bond motifs is 1. The van der Waals surface area contributed by atoms with E-state index in [0.717, 1.165) is 44.7 Å². The molecule has 1 aliphatic rings. The Labute approximate surface area is 101 Å². The minimum absolute atomic E-state index is 0.210. The number of carbonyl (C=O) groups is 1. The van der Waals surface area contributed by atoms with Crippen molar-refractivity contribution in [3.8, 4) is 0 Å². The van der Waals surface area contributed by atoms with Crippen LogP contribution in [0, 0.1) is 6.92 Å². The second-order valence-electron chi connectivity index (χ2n) is 4.55. The summed E-state index contributed by atoms with van der Waals surface area (Å²) in [4.78, 5) is 15.2. The summed E-state index contributed by atoms with van der Waals surface area (Å²) in [7, 11) is 0. The van der Waals surface area contributed by atoms with Gasteiger partial charge >= 0.3 is 0 Å². The third kappa shape index (κ3) is 2.85. The van der Waals surface area contributed by atoms with Gasteiger partial charge in [0.1, 0.15) is 5.82 Å². The fourth-order valence-electron chi connectivity index (χ4n) is 2.37. The van der Waals surface area contributed by atoms with Crippen molar-refractivity contribution in [3.05, 3.63) is 17.2 Å². The van der Waals surface area contributed by atoms with Gasteiger partial charge < -0.3 is 15.6 Å². The van der Waals surface area contributed by atoms with E-state index >= 15 is 0 Å². The van der Waals surface area contributed by atoms with Gasteiger partial charge in [-0.25, -0.2) is 4.98 Å². The molecule has 0 atom stereocenters. The molecule has 1 aromatic rings. The minimum Gasteiger partial charge on any atom is -0.370 e. The first kappa shape index (κ1) is 12.1. The zero-order valence-electron chi connectivity index (χ0n) is 10.3. The molecule has 3 N–H and O–H groups in total. The van der Waals surface area contributed by atoms with Crippen molar-refractivity contribution in [1.82, 2.24) is 14.9 Å². The van der Waals surface area contributed by atoms with Crippen LogP contribution in [0.1, 0.15) is 36.5 Å². The van der Waals surface area contributed by atoms with Gasteiger partial charge in [0.15, 0.2) is 0 Å². The molecule has 0 aromatic carbocycles. The van der Waals surface area contributed by atoms with Crippen molar-refractivity contribution < 1.29 is 4.79 Å². The molecule has 5 nitrogen and oxygen atoms in total. The number of nitrogens with two attached hydrogens (primary N) is 1. The van der Waals surface area contributed by atoms with Crippen LogP contribution in [-0.2, 0) is 24.3 Å². The predicted octanol–water partition coefficient (Wildman–Crippen LogP) is 0.493. The Morgan fingerprint density at radius 3 is 3.12 bits per heavy atom. The number of unbranched alkanes of at least 4 members (excludes halogenated alkanes) is 1. The Kier molecular flexibility index (Phi) is 3.78. The van der Waals surface area contributed by atoms with Crippen LogP contribution < -0.4 is 11.1 Å². The lowest BCUT2D eigenvalue weighted by Gasteiger charge is -2.15. The van der Waals surface area contributed by atoms with E-state index < -0.39 is 0 Å². The van der Waals surface area contributed by atoms with E-state index in [-0.39, 0.29) is 5.91 Å². The van der Waals surface area contributed by atoms with Gasteiger partial charge in [0.05, 0.1) is 5.69 Å². The zero-order valence-corrected chi connectivity index (χ0v) is 10.3. The molecule has 0 unspecified atom stereocenters. The van der Waals surface area contributed by atoms with E-state index in [4.69, 9.17) is 5.73 Å². The summed E-state index contributed by atoms with van der Waals surface area (Å²) in [6.45, 7) is 4.90.